The molecular formula is C40H38FN3O4. The molecule has 1 unspecified atom stereocenters. The summed E-state index contributed by atoms with van der Waals surface area (Å²) >= 11 is 0. The summed E-state index contributed by atoms with van der Waals surface area (Å²) in [4.78, 5) is 4.28. The van der Waals surface area contributed by atoms with Crippen LogP contribution in [-0.2, 0) is 13.0 Å². The van der Waals surface area contributed by atoms with Crippen LogP contribution >= 0.6 is 0 Å². The molecule has 3 atom stereocenters. The number of pyridine rings is 1. The third-order valence-corrected chi connectivity index (χ3v) is 8.27. The third kappa shape index (κ3) is 8.35. The zero-order chi connectivity index (χ0) is 33.3. The van der Waals surface area contributed by atoms with Gasteiger partial charge in [0.1, 0.15) is 29.7 Å². The van der Waals surface area contributed by atoms with Crippen molar-refractivity contribution >= 4 is 16.6 Å². The summed E-state index contributed by atoms with van der Waals surface area (Å²) in [6, 6.07) is 38.3. The number of fused-ring (bicyclic) bond motifs is 1. The summed E-state index contributed by atoms with van der Waals surface area (Å²) < 4.78 is 25.9. The number of halogens is 1. The van der Waals surface area contributed by atoms with Crippen molar-refractivity contribution in [1.82, 2.24) is 10.3 Å². The second-order valence-electron chi connectivity index (χ2n) is 11.8. The van der Waals surface area contributed by atoms with Crippen molar-refractivity contribution < 1.29 is 24.1 Å². The van der Waals surface area contributed by atoms with Crippen LogP contribution < -0.4 is 20.5 Å². The predicted octanol–water partition coefficient (Wildman–Crippen LogP) is 7.69. The number of aliphatic hydroxyl groups is 2. The van der Waals surface area contributed by atoms with Crippen molar-refractivity contribution in [2.24, 2.45) is 0 Å². The normalized spacial score (nSPS) is 13.1. The number of hydrogen-bond donors (Lipinski definition) is 4. The van der Waals surface area contributed by atoms with E-state index in [1.165, 1.54) is 12.1 Å². The van der Waals surface area contributed by atoms with Gasteiger partial charge in [0.2, 0.25) is 0 Å². The Morgan fingerprint density at radius 1 is 0.771 bits per heavy atom. The van der Waals surface area contributed by atoms with Crippen LogP contribution in [0.4, 0.5) is 10.1 Å². The molecule has 0 amide bonds. The molecule has 0 bridgehead atoms. The van der Waals surface area contributed by atoms with Crippen molar-refractivity contribution in [3.8, 4) is 17.2 Å². The lowest BCUT2D eigenvalue weighted by Crippen LogP contribution is -2.38. The zero-order valence-corrected chi connectivity index (χ0v) is 26.4. The molecule has 1 heterocycles. The van der Waals surface area contributed by atoms with E-state index in [2.05, 4.69) is 10.3 Å². The first-order valence-corrected chi connectivity index (χ1v) is 15.9. The van der Waals surface area contributed by atoms with E-state index in [0.29, 0.717) is 58.9 Å². The molecule has 8 heteroatoms. The van der Waals surface area contributed by atoms with E-state index >= 15 is 0 Å². The average Bonchev–Trinajstić information content (AvgIpc) is 3.12. The van der Waals surface area contributed by atoms with Gasteiger partial charge in [-0.15, -0.1) is 0 Å². The first kappa shape index (κ1) is 32.7. The first-order valence-electron chi connectivity index (χ1n) is 15.9. The van der Waals surface area contributed by atoms with Gasteiger partial charge < -0.3 is 30.7 Å². The number of nitrogens with zero attached hydrogens (tertiary/aromatic N) is 1. The fourth-order valence-corrected chi connectivity index (χ4v) is 5.73. The number of benzene rings is 5. The van der Waals surface area contributed by atoms with Gasteiger partial charge in [-0.25, -0.2) is 4.39 Å². The van der Waals surface area contributed by atoms with Gasteiger partial charge >= 0.3 is 0 Å². The Balaban J connectivity index is 1.11. The topological polar surface area (TPSA) is 110 Å². The minimum Gasteiger partial charge on any atom is -0.487 e. The lowest BCUT2D eigenvalue weighted by Gasteiger charge is -2.27. The van der Waals surface area contributed by atoms with Crippen LogP contribution in [0.5, 0.6) is 17.2 Å². The SMILES string of the molecule is Nc1cc([C@H](O)CC(N[C@H](CO)Cc2ccc(Oc3ccnc4ccc(F)cc34)cc2)c2ccccc2)ccc1OCc1ccccc1. The summed E-state index contributed by atoms with van der Waals surface area (Å²) in [6.45, 7) is 0.293. The summed E-state index contributed by atoms with van der Waals surface area (Å²) in [5.41, 5.74) is 11.1. The molecule has 6 aromatic rings. The van der Waals surface area contributed by atoms with Crippen LogP contribution in [0.2, 0.25) is 0 Å². The van der Waals surface area contributed by atoms with E-state index in [9.17, 15) is 14.6 Å². The largest absolute Gasteiger partial charge is 0.487 e. The molecule has 0 saturated heterocycles. The molecule has 1 aromatic heterocycles. The van der Waals surface area contributed by atoms with Gasteiger partial charge in [-0.2, -0.15) is 0 Å². The Bertz CT molecular complexity index is 1920. The molecule has 0 radical (unpaired) electrons. The molecule has 0 spiro atoms. The number of ether oxygens (including phenoxy) is 2. The Labute approximate surface area is 279 Å². The highest BCUT2D eigenvalue weighted by Gasteiger charge is 2.22. The molecule has 244 valence electrons. The molecule has 0 aliphatic carbocycles. The monoisotopic (exact) mass is 643 g/mol. The number of hydrogen-bond acceptors (Lipinski definition) is 7. The molecule has 0 aliphatic rings. The Kier molecular flexibility index (Phi) is 10.6. The van der Waals surface area contributed by atoms with Crippen molar-refractivity contribution in [3.63, 3.8) is 0 Å². The molecule has 7 nitrogen and oxygen atoms in total. The van der Waals surface area contributed by atoms with Crippen LogP contribution in [0, 0.1) is 5.82 Å². The van der Waals surface area contributed by atoms with Gasteiger partial charge in [0.25, 0.3) is 0 Å². The predicted molar refractivity (Wildman–Crippen MR) is 186 cm³/mol. The second-order valence-corrected chi connectivity index (χ2v) is 11.8. The smallest absolute Gasteiger partial charge is 0.142 e. The van der Waals surface area contributed by atoms with Crippen LogP contribution in [0.15, 0.2) is 134 Å². The highest BCUT2D eigenvalue weighted by atomic mass is 19.1. The molecular weight excluding hydrogens is 605 g/mol. The number of nitrogens with one attached hydrogen (secondary N) is 1. The van der Waals surface area contributed by atoms with Gasteiger partial charge in [0.15, 0.2) is 0 Å². The van der Waals surface area contributed by atoms with Crippen molar-refractivity contribution in [1.29, 1.82) is 0 Å². The maximum atomic E-state index is 13.9. The van der Waals surface area contributed by atoms with Crippen molar-refractivity contribution in [2.45, 2.75) is 37.6 Å². The molecule has 5 N–H and O–H groups in total. The van der Waals surface area contributed by atoms with Gasteiger partial charge in [-0.3, -0.25) is 4.98 Å². The second kappa shape index (κ2) is 15.5. The minimum absolute atomic E-state index is 0.105. The molecule has 0 aliphatic heterocycles. The lowest BCUT2D eigenvalue weighted by molar-refractivity contribution is 0.142. The standard InChI is InChI=1S/C40H38FN3O4/c41-31-14-17-36-34(23-31)39(19-20-43-36)48-33-15-11-27(12-16-33)21-32(25-45)44-37(29-9-5-2-6-10-29)24-38(46)30-13-18-40(35(42)22-30)47-26-28-7-3-1-4-8-28/h1-20,22-23,32,37-38,44-46H,21,24-26,42H2/t32-,37?,38+/m0/s1. The van der Waals surface area contributed by atoms with Gasteiger partial charge in [0, 0.05) is 23.7 Å². The number of nitrogen functional groups attached to an aromatic ring is 1. The Hall–Kier alpha value is -5.28. The summed E-state index contributed by atoms with van der Waals surface area (Å²) in [5, 5.41) is 25.9. The third-order valence-electron chi connectivity index (χ3n) is 8.27. The van der Waals surface area contributed by atoms with E-state index in [4.69, 9.17) is 15.2 Å². The van der Waals surface area contributed by atoms with Crippen LogP contribution in [-0.4, -0.2) is 27.8 Å². The minimum atomic E-state index is -0.818. The lowest BCUT2D eigenvalue weighted by atomic mass is 9.95. The van der Waals surface area contributed by atoms with E-state index < -0.39 is 6.10 Å². The number of anilines is 1. The van der Waals surface area contributed by atoms with E-state index in [1.807, 2.05) is 91.0 Å². The molecule has 6 rings (SSSR count). The number of aromatic nitrogens is 1. The average molecular weight is 644 g/mol. The summed E-state index contributed by atoms with van der Waals surface area (Å²) in [5.74, 6) is 1.32. The number of rotatable bonds is 14. The Morgan fingerprint density at radius 2 is 1.52 bits per heavy atom. The van der Waals surface area contributed by atoms with Gasteiger partial charge in [0.05, 0.1) is 23.9 Å². The van der Waals surface area contributed by atoms with E-state index in [1.54, 1.807) is 30.5 Å². The van der Waals surface area contributed by atoms with Gasteiger partial charge in [-0.1, -0.05) is 78.9 Å². The number of nitrogens with two attached hydrogens (primary N) is 1. The number of aliphatic hydroxyl groups excluding tert-OH is 2. The first-order chi connectivity index (χ1) is 23.4. The fourth-order valence-electron chi connectivity index (χ4n) is 5.73. The van der Waals surface area contributed by atoms with Crippen molar-refractivity contribution in [2.75, 3.05) is 12.3 Å². The maximum Gasteiger partial charge on any atom is 0.142 e. The zero-order valence-electron chi connectivity index (χ0n) is 26.4. The van der Waals surface area contributed by atoms with Crippen molar-refractivity contribution in [3.05, 3.63) is 162 Å². The van der Waals surface area contributed by atoms with Crippen LogP contribution in [0.1, 0.15) is 40.8 Å². The molecule has 5 aromatic carbocycles. The highest BCUT2D eigenvalue weighted by molar-refractivity contribution is 5.85. The summed E-state index contributed by atoms with van der Waals surface area (Å²) in [6.07, 6.45) is 1.71. The van der Waals surface area contributed by atoms with Crippen LogP contribution in [0.25, 0.3) is 10.9 Å². The molecule has 48 heavy (non-hydrogen) atoms. The quantitative estimate of drug-likeness (QED) is 0.0902. The molecule has 0 saturated carbocycles. The molecule has 0 fully saturated rings. The van der Waals surface area contributed by atoms with E-state index in [-0.39, 0.29) is 24.5 Å². The van der Waals surface area contributed by atoms with Gasteiger partial charge in [-0.05, 0) is 83.6 Å². The summed E-state index contributed by atoms with van der Waals surface area (Å²) in [7, 11) is 0. The highest BCUT2D eigenvalue weighted by Crippen LogP contribution is 2.32. The van der Waals surface area contributed by atoms with E-state index in [0.717, 1.165) is 16.7 Å². The van der Waals surface area contributed by atoms with Crippen LogP contribution in [0.3, 0.4) is 0 Å². The maximum absolute atomic E-state index is 13.9. The fraction of sp³-hybridized carbons (Fsp3) is 0.175. The Morgan fingerprint density at radius 3 is 2.25 bits per heavy atom.